The summed E-state index contributed by atoms with van der Waals surface area (Å²) in [5, 5.41) is 0. The molecule has 1 nitrogen and oxygen atoms in total. The van der Waals surface area contributed by atoms with E-state index in [1.54, 1.807) is 0 Å². The number of hydrogen-bond donors (Lipinski definition) is 0. The molecule has 0 unspecified atom stereocenters. The molecule has 1 aliphatic rings. The van der Waals surface area contributed by atoms with E-state index >= 15 is 0 Å². The number of piperidine rings is 1. The van der Waals surface area contributed by atoms with Crippen LogP contribution in [0.25, 0.3) is 0 Å². The molecule has 0 aromatic heterocycles. The van der Waals surface area contributed by atoms with Crippen LogP contribution in [0.1, 0.15) is 60.8 Å². The second-order valence-electron chi connectivity index (χ2n) is 7.21. The van der Waals surface area contributed by atoms with Crippen LogP contribution in [0.5, 0.6) is 0 Å². The molecule has 0 bridgehead atoms. The van der Waals surface area contributed by atoms with Crippen molar-refractivity contribution in [3.63, 3.8) is 0 Å². The van der Waals surface area contributed by atoms with Gasteiger partial charge in [-0.15, -0.1) is 0 Å². The lowest BCUT2D eigenvalue weighted by molar-refractivity contribution is 0.0426. The highest BCUT2D eigenvalue weighted by Gasteiger charge is 2.36. The first-order valence-corrected chi connectivity index (χ1v) is 7.01. The van der Waals surface area contributed by atoms with Gasteiger partial charge in [0.15, 0.2) is 0 Å². The highest BCUT2D eigenvalue weighted by molar-refractivity contribution is 4.88. The molecule has 1 saturated heterocycles. The number of likely N-dealkylation sites (tertiary alicyclic amines) is 1. The van der Waals surface area contributed by atoms with E-state index in [2.05, 4.69) is 46.4 Å². The molecule has 1 aliphatic heterocycles. The van der Waals surface area contributed by atoms with Crippen molar-refractivity contribution in [3.8, 4) is 0 Å². The largest absolute Gasteiger partial charge is 0.303 e. The molecule has 0 aromatic rings. The molecule has 16 heavy (non-hydrogen) atoms. The Labute approximate surface area is 103 Å². The Hall–Kier alpha value is -0.0400. The Kier molecular flexibility index (Phi) is 4.45. The number of hydrogen-bond acceptors (Lipinski definition) is 1. The van der Waals surface area contributed by atoms with Gasteiger partial charge in [0.1, 0.15) is 0 Å². The standard InChI is InChI=1S/C15H31N/c1-7-15(13(2)3)8-10-16(11-9-15)12-14(4,5)6/h13H,7-12H2,1-6H3. The third-order valence-corrected chi connectivity index (χ3v) is 4.48. The summed E-state index contributed by atoms with van der Waals surface area (Å²) in [4.78, 5) is 2.66. The molecule has 0 radical (unpaired) electrons. The maximum Gasteiger partial charge on any atom is 0.00300 e. The van der Waals surface area contributed by atoms with Gasteiger partial charge in [-0.25, -0.2) is 0 Å². The normalized spacial score (nSPS) is 22.7. The van der Waals surface area contributed by atoms with E-state index in [0.717, 1.165) is 5.92 Å². The smallest absolute Gasteiger partial charge is 0.00300 e. The van der Waals surface area contributed by atoms with Gasteiger partial charge in [0, 0.05) is 6.54 Å². The minimum Gasteiger partial charge on any atom is -0.303 e. The Morgan fingerprint density at radius 3 is 1.94 bits per heavy atom. The first-order chi connectivity index (χ1) is 7.29. The van der Waals surface area contributed by atoms with Gasteiger partial charge in [0.25, 0.3) is 0 Å². The molecule has 96 valence electrons. The second-order valence-corrected chi connectivity index (χ2v) is 7.21. The molecule has 1 rings (SSSR count). The molecule has 0 N–H and O–H groups in total. The Morgan fingerprint density at radius 2 is 1.62 bits per heavy atom. The Morgan fingerprint density at radius 1 is 1.12 bits per heavy atom. The zero-order chi connectivity index (χ0) is 12.4. The molecule has 0 amide bonds. The molecular weight excluding hydrogens is 194 g/mol. The van der Waals surface area contributed by atoms with E-state index in [-0.39, 0.29) is 0 Å². The molecule has 1 fully saturated rings. The summed E-state index contributed by atoms with van der Waals surface area (Å²) in [5.41, 5.74) is 1.08. The van der Waals surface area contributed by atoms with Crippen molar-refractivity contribution in [2.45, 2.75) is 60.8 Å². The lowest BCUT2D eigenvalue weighted by atomic mass is 9.68. The number of rotatable bonds is 3. The molecule has 0 atom stereocenters. The zero-order valence-electron chi connectivity index (χ0n) is 12.3. The summed E-state index contributed by atoms with van der Waals surface area (Å²) in [6.45, 7) is 18.1. The molecule has 0 aliphatic carbocycles. The fraction of sp³-hybridized carbons (Fsp3) is 1.00. The first-order valence-electron chi connectivity index (χ1n) is 7.01. The molecular formula is C15H31N. The summed E-state index contributed by atoms with van der Waals surface area (Å²) in [6, 6.07) is 0. The maximum atomic E-state index is 2.66. The molecule has 1 heteroatoms. The van der Waals surface area contributed by atoms with Gasteiger partial charge >= 0.3 is 0 Å². The lowest BCUT2D eigenvalue weighted by Gasteiger charge is -2.45. The van der Waals surface area contributed by atoms with E-state index < -0.39 is 0 Å². The molecule has 1 heterocycles. The van der Waals surface area contributed by atoms with Crippen molar-refractivity contribution in [2.24, 2.45) is 16.7 Å². The highest BCUT2D eigenvalue weighted by Crippen LogP contribution is 2.41. The maximum absolute atomic E-state index is 2.66. The van der Waals surface area contributed by atoms with Crippen LogP contribution < -0.4 is 0 Å². The predicted octanol–water partition coefficient (Wildman–Crippen LogP) is 4.18. The van der Waals surface area contributed by atoms with Crippen molar-refractivity contribution in [2.75, 3.05) is 19.6 Å². The van der Waals surface area contributed by atoms with Gasteiger partial charge in [-0.05, 0) is 42.7 Å². The van der Waals surface area contributed by atoms with Crippen molar-refractivity contribution in [1.29, 1.82) is 0 Å². The van der Waals surface area contributed by atoms with Gasteiger partial charge in [-0.2, -0.15) is 0 Å². The van der Waals surface area contributed by atoms with Crippen LogP contribution in [-0.4, -0.2) is 24.5 Å². The van der Waals surface area contributed by atoms with Crippen LogP contribution in [0.2, 0.25) is 0 Å². The van der Waals surface area contributed by atoms with Crippen molar-refractivity contribution >= 4 is 0 Å². The number of nitrogens with zero attached hydrogens (tertiary/aromatic N) is 1. The van der Waals surface area contributed by atoms with E-state index in [9.17, 15) is 0 Å². The Balaban J connectivity index is 2.50. The monoisotopic (exact) mass is 225 g/mol. The highest BCUT2D eigenvalue weighted by atomic mass is 15.1. The van der Waals surface area contributed by atoms with Crippen molar-refractivity contribution in [3.05, 3.63) is 0 Å². The quantitative estimate of drug-likeness (QED) is 0.696. The van der Waals surface area contributed by atoms with E-state index in [0.29, 0.717) is 10.8 Å². The van der Waals surface area contributed by atoms with Gasteiger partial charge < -0.3 is 4.90 Å². The minimum atomic E-state index is 0.448. The Bertz CT molecular complexity index is 204. The van der Waals surface area contributed by atoms with Crippen LogP contribution in [0.15, 0.2) is 0 Å². The lowest BCUT2D eigenvalue weighted by Crippen LogP contribution is -2.45. The third kappa shape index (κ3) is 3.48. The topological polar surface area (TPSA) is 3.24 Å². The van der Waals surface area contributed by atoms with Crippen LogP contribution >= 0.6 is 0 Å². The SMILES string of the molecule is CCC1(C(C)C)CCN(CC(C)(C)C)CC1. The molecule has 0 saturated carbocycles. The van der Waals surface area contributed by atoms with E-state index in [1.165, 1.54) is 38.9 Å². The summed E-state index contributed by atoms with van der Waals surface area (Å²) in [5.74, 6) is 0.842. The summed E-state index contributed by atoms with van der Waals surface area (Å²) < 4.78 is 0. The first kappa shape index (κ1) is 14.0. The van der Waals surface area contributed by atoms with Crippen LogP contribution in [0.4, 0.5) is 0 Å². The van der Waals surface area contributed by atoms with Crippen LogP contribution in [0, 0.1) is 16.7 Å². The summed E-state index contributed by atoms with van der Waals surface area (Å²) >= 11 is 0. The van der Waals surface area contributed by atoms with Crippen LogP contribution in [0.3, 0.4) is 0 Å². The van der Waals surface area contributed by atoms with E-state index in [4.69, 9.17) is 0 Å². The zero-order valence-corrected chi connectivity index (χ0v) is 12.3. The third-order valence-electron chi connectivity index (χ3n) is 4.48. The van der Waals surface area contributed by atoms with Gasteiger partial charge in [-0.1, -0.05) is 48.0 Å². The van der Waals surface area contributed by atoms with Gasteiger partial charge in [-0.3, -0.25) is 0 Å². The average Bonchev–Trinajstić information content (AvgIpc) is 2.16. The fourth-order valence-corrected chi connectivity index (χ4v) is 3.17. The fourth-order valence-electron chi connectivity index (χ4n) is 3.17. The second kappa shape index (κ2) is 5.08. The summed E-state index contributed by atoms with van der Waals surface area (Å²) in [7, 11) is 0. The van der Waals surface area contributed by atoms with E-state index in [1.807, 2.05) is 0 Å². The average molecular weight is 225 g/mol. The predicted molar refractivity (Wildman–Crippen MR) is 72.7 cm³/mol. The summed E-state index contributed by atoms with van der Waals surface area (Å²) in [6.07, 6.45) is 4.16. The van der Waals surface area contributed by atoms with Crippen molar-refractivity contribution < 1.29 is 0 Å². The minimum absolute atomic E-state index is 0.448. The molecule has 0 spiro atoms. The van der Waals surface area contributed by atoms with Crippen molar-refractivity contribution in [1.82, 2.24) is 4.90 Å². The van der Waals surface area contributed by atoms with Gasteiger partial charge in [0.2, 0.25) is 0 Å². The van der Waals surface area contributed by atoms with Gasteiger partial charge in [0.05, 0.1) is 0 Å². The van der Waals surface area contributed by atoms with Crippen LogP contribution in [-0.2, 0) is 0 Å². The molecule has 0 aromatic carbocycles.